The van der Waals surface area contributed by atoms with Gasteiger partial charge in [0, 0.05) is 18.9 Å². The van der Waals surface area contributed by atoms with Gasteiger partial charge in [0.05, 0.1) is 11.8 Å². The number of hydrogen-bond acceptors (Lipinski definition) is 3. The number of carboxylic acids is 1. The summed E-state index contributed by atoms with van der Waals surface area (Å²) in [5, 5.41) is 12.8. The Morgan fingerprint density at radius 2 is 2.00 bits per heavy atom. The molecule has 0 saturated heterocycles. The van der Waals surface area contributed by atoms with E-state index >= 15 is 0 Å². The van der Waals surface area contributed by atoms with Crippen molar-refractivity contribution in [3.8, 4) is 0 Å². The maximum Gasteiger partial charge on any atom is 0.323 e. The van der Waals surface area contributed by atoms with E-state index in [9.17, 15) is 9.59 Å². The molecule has 1 aromatic carbocycles. The Hall–Kier alpha value is -2.63. The molecule has 0 fully saturated rings. The molecule has 1 N–H and O–H groups in total. The zero-order valence-electron chi connectivity index (χ0n) is 10.4. The molecule has 0 radical (unpaired) electrons. The molecule has 1 amide bonds. The maximum atomic E-state index is 12.3. The number of carbonyl (C=O) groups is 2. The Morgan fingerprint density at radius 3 is 2.53 bits per heavy atom. The van der Waals surface area contributed by atoms with E-state index in [2.05, 4.69) is 5.10 Å². The van der Waals surface area contributed by atoms with Crippen LogP contribution >= 0.6 is 0 Å². The predicted molar refractivity (Wildman–Crippen MR) is 69.0 cm³/mol. The van der Waals surface area contributed by atoms with Crippen molar-refractivity contribution in [3.05, 3.63) is 48.3 Å². The van der Waals surface area contributed by atoms with Crippen molar-refractivity contribution in [2.24, 2.45) is 7.05 Å². The van der Waals surface area contributed by atoms with Crippen LogP contribution in [0.3, 0.4) is 0 Å². The molecule has 6 nitrogen and oxygen atoms in total. The molecule has 0 spiro atoms. The third-order valence-electron chi connectivity index (χ3n) is 2.56. The molecule has 0 bridgehead atoms. The molecule has 1 heterocycles. The van der Waals surface area contributed by atoms with Gasteiger partial charge in [-0.1, -0.05) is 18.2 Å². The number of para-hydroxylation sites is 1. The second kappa shape index (κ2) is 5.34. The number of carbonyl (C=O) groups excluding carboxylic acids is 1. The van der Waals surface area contributed by atoms with Crippen LogP contribution in [0.4, 0.5) is 5.69 Å². The number of carboxylic acid groups (broad SMARTS) is 1. The molecule has 0 aliphatic heterocycles. The molecule has 0 unspecified atom stereocenters. The van der Waals surface area contributed by atoms with Gasteiger partial charge in [0.25, 0.3) is 5.91 Å². The molecule has 98 valence electrons. The maximum absolute atomic E-state index is 12.3. The standard InChI is InChI=1S/C13H13N3O3/c1-15-8-10(7-14-15)13(19)16(9-12(17)18)11-5-3-2-4-6-11/h2-8H,9H2,1H3,(H,17,18). The molecule has 19 heavy (non-hydrogen) atoms. The lowest BCUT2D eigenvalue weighted by molar-refractivity contribution is -0.135. The SMILES string of the molecule is Cn1cc(C(=O)N(CC(=O)O)c2ccccc2)cn1. The van der Waals surface area contributed by atoms with Crippen LogP contribution in [0.1, 0.15) is 10.4 Å². The summed E-state index contributed by atoms with van der Waals surface area (Å²) in [6.07, 6.45) is 2.97. The third kappa shape index (κ3) is 2.98. The lowest BCUT2D eigenvalue weighted by Crippen LogP contribution is -2.35. The summed E-state index contributed by atoms with van der Waals surface area (Å²) in [7, 11) is 1.70. The van der Waals surface area contributed by atoms with Crippen LogP contribution in [0, 0.1) is 0 Å². The molecule has 0 aliphatic carbocycles. The first-order chi connectivity index (χ1) is 9.08. The highest BCUT2D eigenvalue weighted by Crippen LogP contribution is 2.16. The summed E-state index contributed by atoms with van der Waals surface area (Å²) in [6.45, 7) is -0.391. The van der Waals surface area contributed by atoms with E-state index in [0.717, 1.165) is 0 Å². The first-order valence-corrected chi connectivity index (χ1v) is 5.65. The number of anilines is 1. The third-order valence-corrected chi connectivity index (χ3v) is 2.56. The minimum Gasteiger partial charge on any atom is -0.480 e. The fourth-order valence-corrected chi connectivity index (χ4v) is 1.71. The molecular weight excluding hydrogens is 246 g/mol. The van der Waals surface area contributed by atoms with Gasteiger partial charge in [-0.05, 0) is 12.1 Å². The summed E-state index contributed by atoms with van der Waals surface area (Å²) < 4.78 is 1.50. The Morgan fingerprint density at radius 1 is 1.32 bits per heavy atom. The van der Waals surface area contributed by atoms with Crippen LogP contribution in [0.5, 0.6) is 0 Å². The van der Waals surface area contributed by atoms with E-state index in [4.69, 9.17) is 5.11 Å². The van der Waals surface area contributed by atoms with Crippen LogP contribution < -0.4 is 4.90 Å². The Bertz CT molecular complexity index is 592. The Balaban J connectivity index is 2.33. The van der Waals surface area contributed by atoms with Gasteiger partial charge in [0.2, 0.25) is 0 Å². The number of rotatable bonds is 4. The van der Waals surface area contributed by atoms with Crippen molar-refractivity contribution in [1.29, 1.82) is 0 Å². The first-order valence-electron chi connectivity index (χ1n) is 5.65. The lowest BCUT2D eigenvalue weighted by Gasteiger charge is -2.19. The number of amides is 1. The van der Waals surface area contributed by atoms with Gasteiger partial charge in [-0.2, -0.15) is 5.10 Å². The van der Waals surface area contributed by atoms with Gasteiger partial charge in [-0.3, -0.25) is 19.2 Å². The molecule has 2 aromatic rings. The topological polar surface area (TPSA) is 75.4 Å². The number of aliphatic carboxylic acids is 1. The van der Waals surface area contributed by atoms with Gasteiger partial charge in [0.1, 0.15) is 6.54 Å². The fraction of sp³-hybridized carbons (Fsp3) is 0.154. The van der Waals surface area contributed by atoms with Crippen molar-refractivity contribution >= 4 is 17.6 Å². The smallest absolute Gasteiger partial charge is 0.323 e. The van der Waals surface area contributed by atoms with Gasteiger partial charge >= 0.3 is 5.97 Å². The number of nitrogens with zero attached hydrogens (tertiary/aromatic N) is 3. The van der Waals surface area contributed by atoms with E-state index < -0.39 is 12.5 Å². The largest absolute Gasteiger partial charge is 0.480 e. The lowest BCUT2D eigenvalue weighted by atomic mass is 10.2. The molecule has 0 saturated carbocycles. The monoisotopic (exact) mass is 259 g/mol. The highest BCUT2D eigenvalue weighted by atomic mass is 16.4. The molecule has 1 aromatic heterocycles. The highest BCUT2D eigenvalue weighted by Gasteiger charge is 2.21. The number of benzene rings is 1. The summed E-state index contributed by atoms with van der Waals surface area (Å²) in [5.74, 6) is -1.46. The molecule has 6 heteroatoms. The van der Waals surface area contributed by atoms with Crippen LogP contribution in [0.2, 0.25) is 0 Å². The Labute approximate surface area is 109 Å². The average molecular weight is 259 g/mol. The van der Waals surface area contributed by atoms with E-state index in [-0.39, 0.29) is 5.91 Å². The van der Waals surface area contributed by atoms with Crippen molar-refractivity contribution in [1.82, 2.24) is 9.78 Å². The van der Waals surface area contributed by atoms with E-state index in [1.54, 1.807) is 43.6 Å². The summed E-state index contributed by atoms with van der Waals surface area (Å²) in [4.78, 5) is 24.4. The van der Waals surface area contributed by atoms with Gasteiger partial charge in [-0.25, -0.2) is 0 Å². The Kier molecular flexibility index (Phi) is 3.61. The summed E-state index contributed by atoms with van der Waals surface area (Å²) in [6, 6.07) is 8.69. The fourth-order valence-electron chi connectivity index (χ4n) is 1.71. The van der Waals surface area contributed by atoms with Crippen molar-refractivity contribution in [3.63, 3.8) is 0 Å². The van der Waals surface area contributed by atoms with Crippen LogP contribution in [0.25, 0.3) is 0 Å². The van der Waals surface area contributed by atoms with E-state index in [0.29, 0.717) is 11.3 Å². The quantitative estimate of drug-likeness (QED) is 0.893. The van der Waals surface area contributed by atoms with Crippen molar-refractivity contribution in [2.45, 2.75) is 0 Å². The second-order valence-corrected chi connectivity index (χ2v) is 4.02. The first kappa shape index (κ1) is 12.8. The normalized spacial score (nSPS) is 10.2. The minimum absolute atomic E-state index is 0.354. The van der Waals surface area contributed by atoms with Crippen LogP contribution in [-0.4, -0.2) is 33.3 Å². The zero-order chi connectivity index (χ0) is 13.8. The van der Waals surface area contributed by atoms with E-state index in [1.807, 2.05) is 0 Å². The summed E-state index contributed by atoms with van der Waals surface area (Å²) >= 11 is 0. The van der Waals surface area contributed by atoms with Crippen LogP contribution in [0.15, 0.2) is 42.7 Å². The van der Waals surface area contributed by atoms with Crippen LogP contribution in [-0.2, 0) is 11.8 Å². The molecule has 0 aliphatic rings. The van der Waals surface area contributed by atoms with Gasteiger partial charge in [0.15, 0.2) is 0 Å². The van der Waals surface area contributed by atoms with Crippen molar-refractivity contribution < 1.29 is 14.7 Å². The summed E-state index contributed by atoms with van der Waals surface area (Å²) in [5.41, 5.74) is 0.895. The molecular formula is C13H13N3O3. The molecule has 0 atom stereocenters. The average Bonchev–Trinajstić information content (AvgIpc) is 2.83. The number of aryl methyl sites for hydroxylation is 1. The zero-order valence-corrected chi connectivity index (χ0v) is 10.4. The second-order valence-electron chi connectivity index (χ2n) is 4.02. The molecule has 2 rings (SSSR count). The van der Waals surface area contributed by atoms with Crippen molar-refractivity contribution in [2.75, 3.05) is 11.4 Å². The number of aromatic nitrogens is 2. The minimum atomic E-state index is -1.07. The number of hydrogen-bond donors (Lipinski definition) is 1. The van der Waals surface area contributed by atoms with Gasteiger partial charge in [-0.15, -0.1) is 0 Å². The highest BCUT2D eigenvalue weighted by molar-refractivity contribution is 6.07. The predicted octanol–water partition coefficient (Wildman–Crippen LogP) is 1.15. The van der Waals surface area contributed by atoms with Gasteiger partial charge < -0.3 is 5.11 Å². The van der Waals surface area contributed by atoms with E-state index in [1.165, 1.54) is 15.8 Å².